The Labute approximate surface area is 150 Å². The number of thioether (sulfide) groups is 1. The fraction of sp³-hybridized carbons (Fsp3) is 0.444. The number of nitrogens with zero attached hydrogens (tertiary/aromatic N) is 3. The monoisotopic (exact) mass is 356 g/mol. The van der Waals surface area contributed by atoms with Crippen LogP contribution in [-0.2, 0) is 24.2 Å². The lowest BCUT2D eigenvalue weighted by atomic mass is 10.2. The van der Waals surface area contributed by atoms with Crippen molar-refractivity contribution in [2.45, 2.75) is 49.7 Å². The Kier molecular flexibility index (Phi) is 4.57. The number of pyridine rings is 1. The second-order valence-corrected chi connectivity index (χ2v) is 7.48. The molecular formula is C18H20N4O2S. The summed E-state index contributed by atoms with van der Waals surface area (Å²) in [6.07, 6.45) is 6.70. The summed E-state index contributed by atoms with van der Waals surface area (Å²) in [7, 11) is 0. The van der Waals surface area contributed by atoms with Gasteiger partial charge in [0.05, 0.1) is 18.0 Å². The van der Waals surface area contributed by atoms with Crippen molar-refractivity contribution < 1.29 is 4.79 Å². The highest BCUT2D eigenvalue weighted by atomic mass is 32.2. The molecule has 0 spiro atoms. The highest BCUT2D eigenvalue weighted by Crippen LogP contribution is 2.29. The van der Waals surface area contributed by atoms with Crippen molar-refractivity contribution in [1.29, 1.82) is 0 Å². The summed E-state index contributed by atoms with van der Waals surface area (Å²) < 4.78 is 1.74. The van der Waals surface area contributed by atoms with E-state index in [1.165, 1.54) is 11.8 Å². The van der Waals surface area contributed by atoms with Gasteiger partial charge in [-0.3, -0.25) is 14.3 Å². The molecule has 6 nitrogen and oxygen atoms in total. The average Bonchev–Trinajstić information content (AvgIpc) is 3.29. The zero-order chi connectivity index (χ0) is 17.2. The van der Waals surface area contributed by atoms with Crippen LogP contribution in [0, 0.1) is 0 Å². The van der Waals surface area contributed by atoms with Crippen molar-refractivity contribution in [3.8, 4) is 0 Å². The van der Waals surface area contributed by atoms with E-state index in [1.807, 2.05) is 18.2 Å². The Morgan fingerprint density at radius 1 is 1.32 bits per heavy atom. The molecule has 0 radical (unpaired) electrons. The number of hydrogen-bond donors (Lipinski definition) is 1. The van der Waals surface area contributed by atoms with Gasteiger partial charge in [-0.05, 0) is 44.2 Å². The molecule has 25 heavy (non-hydrogen) atoms. The van der Waals surface area contributed by atoms with Gasteiger partial charge in [0.15, 0.2) is 0 Å². The standard InChI is InChI=1S/C18H20N4O2S/c23-16(20-12-7-8-12)11-25-17-14-5-3-6-15(14)22(18(24)21-17)10-13-4-1-2-9-19-13/h1-2,4,9,12H,3,5-8,10-11H2,(H,20,23). The second-order valence-electron chi connectivity index (χ2n) is 6.52. The Hall–Kier alpha value is -2.15. The summed E-state index contributed by atoms with van der Waals surface area (Å²) in [5, 5.41) is 3.69. The maximum absolute atomic E-state index is 12.5. The molecular weight excluding hydrogens is 336 g/mol. The normalized spacial score (nSPS) is 15.8. The van der Waals surface area contributed by atoms with Crippen molar-refractivity contribution >= 4 is 17.7 Å². The molecule has 0 atom stereocenters. The van der Waals surface area contributed by atoms with Gasteiger partial charge in [-0.1, -0.05) is 17.8 Å². The number of rotatable bonds is 6. The maximum atomic E-state index is 12.5. The smallest absolute Gasteiger partial charge is 0.349 e. The molecule has 0 aromatic carbocycles. The van der Waals surface area contributed by atoms with Gasteiger partial charge in [-0.2, -0.15) is 4.98 Å². The molecule has 2 aliphatic rings. The fourth-order valence-electron chi connectivity index (χ4n) is 3.15. The van der Waals surface area contributed by atoms with Crippen LogP contribution in [0.4, 0.5) is 0 Å². The predicted molar refractivity (Wildman–Crippen MR) is 95.7 cm³/mol. The molecule has 0 saturated heterocycles. The number of carbonyl (C=O) groups excluding carboxylic acids is 1. The van der Waals surface area contributed by atoms with Crippen LogP contribution in [0.2, 0.25) is 0 Å². The van der Waals surface area contributed by atoms with Crippen LogP contribution in [-0.4, -0.2) is 32.2 Å². The molecule has 0 aliphatic heterocycles. The molecule has 0 bridgehead atoms. The Morgan fingerprint density at radius 2 is 2.20 bits per heavy atom. The lowest BCUT2D eigenvalue weighted by Crippen LogP contribution is -2.29. The molecule has 7 heteroatoms. The Morgan fingerprint density at radius 3 is 2.96 bits per heavy atom. The first-order chi connectivity index (χ1) is 12.2. The Balaban J connectivity index is 1.55. The van der Waals surface area contributed by atoms with Gasteiger partial charge < -0.3 is 5.32 Å². The topological polar surface area (TPSA) is 76.9 Å². The number of hydrogen-bond acceptors (Lipinski definition) is 5. The van der Waals surface area contributed by atoms with Crippen molar-refractivity contribution in [3.05, 3.63) is 51.8 Å². The minimum Gasteiger partial charge on any atom is -0.353 e. The van der Waals surface area contributed by atoms with Crippen molar-refractivity contribution in [2.24, 2.45) is 0 Å². The lowest BCUT2D eigenvalue weighted by molar-refractivity contribution is -0.118. The first kappa shape index (κ1) is 16.3. The summed E-state index contributed by atoms with van der Waals surface area (Å²) in [6, 6.07) is 6.06. The summed E-state index contributed by atoms with van der Waals surface area (Å²) in [5.41, 5.74) is 2.77. The van der Waals surface area contributed by atoms with Gasteiger partial charge in [0.25, 0.3) is 0 Å². The molecule has 2 aromatic rings. The molecule has 2 heterocycles. The van der Waals surface area contributed by atoms with E-state index >= 15 is 0 Å². The molecule has 1 saturated carbocycles. The minimum atomic E-state index is -0.253. The van der Waals surface area contributed by atoms with Crippen molar-refractivity contribution in [1.82, 2.24) is 19.9 Å². The number of aromatic nitrogens is 3. The third-order valence-electron chi connectivity index (χ3n) is 4.53. The SMILES string of the molecule is O=C(CSc1nc(=O)n(Cc2ccccn2)c2c1CCC2)NC1CC1. The second kappa shape index (κ2) is 7.00. The van der Waals surface area contributed by atoms with Crippen LogP contribution in [0.3, 0.4) is 0 Å². The van der Waals surface area contributed by atoms with Crippen LogP contribution in [0.1, 0.15) is 36.2 Å². The number of nitrogens with one attached hydrogen (secondary N) is 1. The molecule has 130 valence electrons. The highest BCUT2D eigenvalue weighted by molar-refractivity contribution is 7.99. The zero-order valence-corrected chi connectivity index (χ0v) is 14.7. The molecule has 2 aliphatic carbocycles. The average molecular weight is 356 g/mol. The summed E-state index contributed by atoms with van der Waals surface area (Å²) in [6.45, 7) is 0.447. The van der Waals surface area contributed by atoms with E-state index in [0.29, 0.717) is 18.3 Å². The van der Waals surface area contributed by atoms with E-state index in [2.05, 4.69) is 15.3 Å². The first-order valence-corrected chi connectivity index (χ1v) is 9.64. The van der Waals surface area contributed by atoms with Crippen LogP contribution in [0.25, 0.3) is 0 Å². The van der Waals surface area contributed by atoms with Crippen LogP contribution >= 0.6 is 11.8 Å². The van der Waals surface area contributed by atoms with Gasteiger partial charge in [0.2, 0.25) is 5.91 Å². The van der Waals surface area contributed by atoms with Gasteiger partial charge in [-0.15, -0.1) is 0 Å². The lowest BCUT2D eigenvalue weighted by Gasteiger charge is -2.14. The third kappa shape index (κ3) is 3.76. The molecule has 2 aromatic heterocycles. The third-order valence-corrected chi connectivity index (χ3v) is 5.55. The van der Waals surface area contributed by atoms with E-state index in [4.69, 9.17) is 0 Å². The van der Waals surface area contributed by atoms with Crippen molar-refractivity contribution in [2.75, 3.05) is 5.75 Å². The van der Waals surface area contributed by atoms with Crippen molar-refractivity contribution in [3.63, 3.8) is 0 Å². The quantitative estimate of drug-likeness (QED) is 0.628. The number of carbonyl (C=O) groups is 1. The van der Waals surface area contributed by atoms with E-state index < -0.39 is 0 Å². The molecule has 1 N–H and O–H groups in total. The van der Waals surface area contributed by atoms with Crippen LogP contribution in [0.5, 0.6) is 0 Å². The largest absolute Gasteiger partial charge is 0.353 e. The molecule has 1 amide bonds. The molecule has 0 unspecified atom stereocenters. The fourth-order valence-corrected chi connectivity index (χ4v) is 4.04. The van der Waals surface area contributed by atoms with Gasteiger partial charge >= 0.3 is 5.69 Å². The van der Waals surface area contributed by atoms with Gasteiger partial charge in [0.1, 0.15) is 5.03 Å². The van der Waals surface area contributed by atoms with E-state index in [0.717, 1.165) is 54.1 Å². The molecule has 1 fully saturated rings. The van der Waals surface area contributed by atoms with Gasteiger partial charge in [-0.25, -0.2) is 4.79 Å². The van der Waals surface area contributed by atoms with Crippen LogP contribution < -0.4 is 11.0 Å². The Bertz CT molecular complexity index is 846. The molecule has 4 rings (SSSR count). The maximum Gasteiger partial charge on any atom is 0.349 e. The summed E-state index contributed by atoms with van der Waals surface area (Å²) in [4.78, 5) is 33.0. The van der Waals surface area contributed by atoms with E-state index in [-0.39, 0.29) is 11.6 Å². The number of amides is 1. The predicted octanol–water partition coefficient (Wildman–Crippen LogP) is 1.55. The number of fused-ring (bicyclic) bond motifs is 1. The van der Waals surface area contributed by atoms with Crippen LogP contribution in [0.15, 0.2) is 34.2 Å². The van der Waals surface area contributed by atoms with E-state index in [9.17, 15) is 9.59 Å². The van der Waals surface area contributed by atoms with E-state index in [1.54, 1.807) is 10.8 Å². The zero-order valence-electron chi connectivity index (χ0n) is 13.9. The highest BCUT2D eigenvalue weighted by Gasteiger charge is 2.25. The summed E-state index contributed by atoms with van der Waals surface area (Å²) in [5.74, 6) is 0.346. The summed E-state index contributed by atoms with van der Waals surface area (Å²) >= 11 is 1.38. The first-order valence-electron chi connectivity index (χ1n) is 8.65. The van der Waals surface area contributed by atoms with Gasteiger partial charge in [0, 0.05) is 23.5 Å². The minimum absolute atomic E-state index is 0.0266.